The lowest BCUT2D eigenvalue weighted by atomic mass is 10.0. The molecule has 0 aliphatic heterocycles. The second-order valence-electron chi connectivity index (χ2n) is 5.19. The van der Waals surface area contributed by atoms with E-state index in [2.05, 4.69) is 83.0 Å². The van der Waals surface area contributed by atoms with E-state index in [4.69, 9.17) is 0 Å². The summed E-state index contributed by atoms with van der Waals surface area (Å²) in [7, 11) is 3.92. The lowest BCUT2D eigenvalue weighted by Crippen LogP contribution is -1.97. The van der Waals surface area contributed by atoms with Gasteiger partial charge in [0.15, 0.2) is 0 Å². The Balaban J connectivity index is 1.96. The van der Waals surface area contributed by atoms with Crippen LogP contribution in [-0.2, 0) is 0 Å². The van der Waals surface area contributed by atoms with Gasteiger partial charge in [-0.2, -0.15) is 0 Å². The summed E-state index contributed by atoms with van der Waals surface area (Å²) in [6.07, 6.45) is 2.32. The van der Waals surface area contributed by atoms with Gasteiger partial charge in [0.1, 0.15) is 0 Å². The van der Waals surface area contributed by atoms with Gasteiger partial charge in [-0.05, 0) is 44.7 Å². The topological polar surface area (TPSA) is 0 Å². The third-order valence-corrected chi connectivity index (χ3v) is 4.66. The van der Waals surface area contributed by atoms with Crippen molar-refractivity contribution in [3.63, 3.8) is 0 Å². The minimum Gasteiger partial charge on any atom is -0.0622 e. The highest BCUT2D eigenvalue weighted by molar-refractivity contribution is 6.24. The van der Waals surface area contributed by atoms with Gasteiger partial charge in [-0.1, -0.05) is 66.7 Å². The van der Waals surface area contributed by atoms with Gasteiger partial charge in [-0.25, -0.2) is 0 Å². The van der Waals surface area contributed by atoms with E-state index >= 15 is 0 Å². The number of allylic oxidation sites excluding steroid dienone is 1. The first-order valence-electron chi connectivity index (χ1n) is 6.84. The van der Waals surface area contributed by atoms with E-state index in [0.29, 0.717) is 0 Å². The lowest BCUT2D eigenvalue weighted by molar-refractivity contribution is 1.27. The van der Waals surface area contributed by atoms with Crippen molar-refractivity contribution in [3.05, 3.63) is 83.4 Å². The van der Waals surface area contributed by atoms with Crippen molar-refractivity contribution in [2.75, 3.05) is 0 Å². The first kappa shape index (κ1) is 11.7. The van der Waals surface area contributed by atoms with Crippen LogP contribution in [0.5, 0.6) is 0 Å². The van der Waals surface area contributed by atoms with Crippen molar-refractivity contribution in [1.82, 2.24) is 0 Å². The Morgan fingerprint density at radius 2 is 1.50 bits per heavy atom. The first-order valence-corrected chi connectivity index (χ1v) is 7.42. The lowest BCUT2D eigenvalue weighted by Gasteiger charge is -2.11. The largest absolute Gasteiger partial charge is 0.0622 e. The summed E-state index contributed by atoms with van der Waals surface area (Å²) >= 11 is 0. The minimum atomic E-state index is 0.275. The molecule has 0 saturated carbocycles. The van der Waals surface area contributed by atoms with Crippen molar-refractivity contribution in [1.29, 1.82) is 0 Å². The predicted octanol–water partition coefficient (Wildman–Crippen LogP) is 4.60. The first-order chi connectivity index (χ1) is 9.84. The van der Waals surface area contributed by atoms with E-state index < -0.39 is 0 Å². The fourth-order valence-corrected chi connectivity index (χ4v) is 3.51. The Morgan fingerprint density at radius 1 is 0.750 bits per heavy atom. The monoisotopic (exact) mass is 269 g/mol. The third-order valence-electron chi connectivity index (χ3n) is 4.03. The molecular weight excluding hydrogens is 256 g/mol. The Bertz CT molecular complexity index is 816. The number of hydrogen-bond donors (Lipinski definition) is 0. The molecule has 0 heterocycles. The molecule has 3 radical (unpaired) electrons. The molecule has 1 atom stereocenters. The van der Waals surface area contributed by atoms with Crippen LogP contribution in [0, 0.1) is 0 Å². The Morgan fingerprint density at radius 3 is 2.35 bits per heavy atom. The minimum absolute atomic E-state index is 0.275. The standard InChI is InChI=1S/C19H13Si/c20-19-16-11-10-14-8-4-5-9-15(14)18(16)12-17(19)13-6-2-1-3-7-13/h1-12,19H. The van der Waals surface area contributed by atoms with Crippen LogP contribution in [0.15, 0.2) is 66.7 Å². The molecule has 0 fully saturated rings. The predicted molar refractivity (Wildman–Crippen MR) is 86.8 cm³/mol. The van der Waals surface area contributed by atoms with Gasteiger partial charge in [0.25, 0.3) is 0 Å². The second-order valence-corrected chi connectivity index (χ2v) is 5.77. The maximum Gasteiger partial charge on any atom is 0.0397 e. The van der Waals surface area contributed by atoms with E-state index in [9.17, 15) is 0 Å². The quantitative estimate of drug-likeness (QED) is 0.566. The summed E-state index contributed by atoms with van der Waals surface area (Å²) < 4.78 is 0. The summed E-state index contributed by atoms with van der Waals surface area (Å²) in [5.74, 6) is 0. The van der Waals surface area contributed by atoms with Crippen LogP contribution in [-0.4, -0.2) is 10.2 Å². The molecule has 0 spiro atoms. The molecule has 3 aromatic rings. The molecular formula is C19H13Si. The van der Waals surface area contributed by atoms with Crippen LogP contribution < -0.4 is 0 Å². The highest BCUT2D eigenvalue weighted by Crippen LogP contribution is 2.42. The highest BCUT2D eigenvalue weighted by atomic mass is 28.1. The molecule has 0 aromatic heterocycles. The van der Waals surface area contributed by atoms with Crippen LogP contribution in [0.25, 0.3) is 22.4 Å². The fourth-order valence-electron chi connectivity index (χ4n) is 3.01. The summed E-state index contributed by atoms with van der Waals surface area (Å²) in [5, 5.41) is 2.63. The zero-order valence-electron chi connectivity index (χ0n) is 11.0. The maximum absolute atomic E-state index is 3.92. The molecule has 3 aromatic carbocycles. The molecule has 1 aliphatic rings. The van der Waals surface area contributed by atoms with Crippen LogP contribution in [0.1, 0.15) is 22.2 Å². The van der Waals surface area contributed by atoms with Gasteiger partial charge >= 0.3 is 0 Å². The van der Waals surface area contributed by atoms with E-state index in [1.807, 2.05) is 0 Å². The van der Waals surface area contributed by atoms with Gasteiger partial charge in [0.2, 0.25) is 0 Å². The maximum atomic E-state index is 3.92. The summed E-state index contributed by atoms with van der Waals surface area (Å²) in [6, 6.07) is 23.6. The van der Waals surface area contributed by atoms with E-state index in [0.717, 1.165) is 0 Å². The zero-order chi connectivity index (χ0) is 13.5. The molecule has 0 amide bonds. The normalized spacial score (nSPS) is 17.1. The van der Waals surface area contributed by atoms with Gasteiger partial charge in [0.05, 0.1) is 0 Å². The molecule has 0 nitrogen and oxygen atoms in total. The number of benzene rings is 3. The van der Waals surface area contributed by atoms with Crippen molar-refractivity contribution < 1.29 is 0 Å². The number of hydrogen-bond acceptors (Lipinski definition) is 0. The Labute approximate surface area is 122 Å². The van der Waals surface area contributed by atoms with Gasteiger partial charge in [-0.15, -0.1) is 0 Å². The van der Waals surface area contributed by atoms with Gasteiger partial charge in [0, 0.05) is 10.2 Å². The number of fused-ring (bicyclic) bond motifs is 3. The molecule has 93 valence electrons. The summed E-state index contributed by atoms with van der Waals surface area (Å²) in [6.45, 7) is 0. The van der Waals surface area contributed by atoms with Crippen molar-refractivity contribution in [2.45, 2.75) is 5.54 Å². The van der Waals surface area contributed by atoms with Gasteiger partial charge < -0.3 is 0 Å². The van der Waals surface area contributed by atoms with E-state index in [-0.39, 0.29) is 5.54 Å². The smallest absolute Gasteiger partial charge is 0.0397 e. The fraction of sp³-hybridized carbons (Fsp3) is 0.0526. The number of rotatable bonds is 1. The zero-order valence-corrected chi connectivity index (χ0v) is 12.0. The SMILES string of the molecule is [Si]C1C(c2ccccc2)=Cc2c1ccc1ccccc21. The molecule has 4 rings (SSSR count). The van der Waals surface area contributed by atoms with Crippen LogP contribution in [0.3, 0.4) is 0 Å². The third kappa shape index (κ3) is 1.67. The van der Waals surface area contributed by atoms with E-state index in [1.54, 1.807) is 0 Å². The average Bonchev–Trinajstić information content (AvgIpc) is 2.86. The summed E-state index contributed by atoms with van der Waals surface area (Å²) in [4.78, 5) is 0. The molecule has 1 aliphatic carbocycles. The van der Waals surface area contributed by atoms with Crippen LogP contribution >= 0.6 is 0 Å². The van der Waals surface area contributed by atoms with Crippen LogP contribution in [0.2, 0.25) is 0 Å². The molecule has 1 heteroatoms. The van der Waals surface area contributed by atoms with Crippen molar-refractivity contribution in [3.8, 4) is 0 Å². The van der Waals surface area contributed by atoms with Crippen molar-refractivity contribution >= 4 is 32.7 Å². The second kappa shape index (κ2) is 4.46. The molecule has 0 N–H and O–H groups in total. The molecule has 20 heavy (non-hydrogen) atoms. The Hall–Kier alpha value is -2.12. The highest BCUT2D eigenvalue weighted by Gasteiger charge is 2.23. The molecule has 1 unspecified atom stereocenters. The average molecular weight is 269 g/mol. The van der Waals surface area contributed by atoms with Crippen molar-refractivity contribution in [2.24, 2.45) is 0 Å². The molecule has 0 saturated heterocycles. The van der Waals surface area contributed by atoms with Crippen LogP contribution in [0.4, 0.5) is 0 Å². The Kier molecular flexibility index (Phi) is 2.61. The van der Waals surface area contributed by atoms with E-state index in [1.165, 1.54) is 33.0 Å². The summed E-state index contributed by atoms with van der Waals surface area (Å²) in [5.41, 5.74) is 5.61. The molecule has 0 bridgehead atoms. The van der Waals surface area contributed by atoms with Gasteiger partial charge in [-0.3, -0.25) is 0 Å².